The van der Waals surface area contributed by atoms with Gasteiger partial charge in [0.15, 0.2) is 0 Å². The van der Waals surface area contributed by atoms with Gasteiger partial charge in [0.2, 0.25) is 0 Å². The van der Waals surface area contributed by atoms with E-state index in [0.29, 0.717) is 6.42 Å². The minimum absolute atomic E-state index is 0.0319. The fraction of sp³-hybridized carbons (Fsp3) is 0.294. The van der Waals surface area contributed by atoms with Gasteiger partial charge in [0.05, 0.1) is 12.8 Å². The summed E-state index contributed by atoms with van der Waals surface area (Å²) in [6.45, 7) is 0.0639. The molecule has 2 aliphatic rings. The summed E-state index contributed by atoms with van der Waals surface area (Å²) in [5, 5.41) is 0. The third-order valence-electron chi connectivity index (χ3n) is 3.76. The number of carbonyl (C=O) groups excluding carboxylic acids is 4. The third kappa shape index (κ3) is 3.87. The molecule has 1 aromatic rings. The Balaban J connectivity index is 1.68. The van der Waals surface area contributed by atoms with Crippen molar-refractivity contribution < 1.29 is 28.7 Å². The van der Waals surface area contributed by atoms with Crippen LogP contribution in [-0.2, 0) is 35.1 Å². The van der Waals surface area contributed by atoms with Crippen LogP contribution in [0, 0.1) is 0 Å². The zero-order valence-corrected chi connectivity index (χ0v) is 12.8. The smallest absolute Gasteiger partial charge is 0.333 e. The van der Waals surface area contributed by atoms with Crippen molar-refractivity contribution in [1.82, 2.24) is 0 Å². The molecule has 0 spiro atoms. The van der Waals surface area contributed by atoms with Crippen LogP contribution in [0.15, 0.2) is 35.9 Å². The topological polar surface area (TPSA) is 90.0 Å². The van der Waals surface area contributed by atoms with Gasteiger partial charge in [-0.1, -0.05) is 23.8 Å². The van der Waals surface area contributed by atoms with Gasteiger partial charge in [-0.2, -0.15) is 0 Å². The average molecular weight is 329 g/mol. The molecule has 2 heterocycles. The van der Waals surface area contributed by atoms with Crippen LogP contribution >= 0.6 is 0 Å². The largest absolute Gasteiger partial charge is 0.393 e. The lowest BCUT2D eigenvalue weighted by Gasteiger charge is -2.26. The van der Waals surface area contributed by atoms with Crippen molar-refractivity contribution in [2.24, 2.45) is 0 Å². The quantitative estimate of drug-likeness (QED) is 0.462. The van der Waals surface area contributed by atoms with Crippen LogP contribution in [-0.4, -0.2) is 37.0 Å². The highest BCUT2D eigenvalue weighted by Crippen LogP contribution is 2.21. The SMILES string of the molecule is O=C1CC=C(Cc2ccc(N3CC(=O)OC(=O)C3)cc2)CC(=O)O1. The van der Waals surface area contributed by atoms with E-state index in [4.69, 9.17) is 0 Å². The Hall–Kier alpha value is -2.96. The number of ether oxygens (including phenoxy) is 2. The summed E-state index contributed by atoms with van der Waals surface area (Å²) in [5.41, 5.74) is 2.53. The Morgan fingerprint density at radius 2 is 1.46 bits per heavy atom. The summed E-state index contributed by atoms with van der Waals surface area (Å²) in [4.78, 5) is 46.9. The molecular weight excluding hydrogens is 314 g/mol. The summed E-state index contributed by atoms with van der Waals surface area (Å²) < 4.78 is 9.08. The van der Waals surface area contributed by atoms with Crippen LogP contribution in [0.4, 0.5) is 5.69 Å². The van der Waals surface area contributed by atoms with Crippen LogP contribution in [0.3, 0.4) is 0 Å². The lowest BCUT2D eigenvalue weighted by atomic mass is 10.0. The van der Waals surface area contributed by atoms with Gasteiger partial charge < -0.3 is 14.4 Å². The van der Waals surface area contributed by atoms with Crippen LogP contribution in [0.1, 0.15) is 18.4 Å². The van der Waals surface area contributed by atoms with Gasteiger partial charge in [0.25, 0.3) is 0 Å². The van der Waals surface area contributed by atoms with Crippen molar-refractivity contribution in [3.63, 3.8) is 0 Å². The van der Waals surface area contributed by atoms with E-state index in [9.17, 15) is 19.2 Å². The molecule has 24 heavy (non-hydrogen) atoms. The lowest BCUT2D eigenvalue weighted by molar-refractivity contribution is -0.161. The van der Waals surface area contributed by atoms with Crippen LogP contribution in [0.5, 0.6) is 0 Å². The molecule has 0 radical (unpaired) electrons. The number of morpholine rings is 1. The zero-order valence-electron chi connectivity index (χ0n) is 12.8. The van der Waals surface area contributed by atoms with Crippen molar-refractivity contribution in [2.45, 2.75) is 19.3 Å². The number of carbonyl (C=O) groups is 4. The van der Waals surface area contributed by atoms with Gasteiger partial charge in [-0.15, -0.1) is 0 Å². The number of anilines is 1. The van der Waals surface area contributed by atoms with Gasteiger partial charge >= 0.3 is 23.9 Å². The maximum Gasteiger partial charge on any atom is 0.333 e. The number of esters is 4. The van der Waals surface area contributed by atoms with Gasteiger partial charge in [0.1, 0.15) is 13.1 Å². The maximum atomic E-state index is 11.5. The molecule has 0 unspecified atom stereocenters. The highest BCUT2D eigenvalue weighted by Gasteiger charge is 2.25. The number of rotatable bonds is 3. The lowest BCUT2D eigenvalue weighted by Crippen LogP contribution is -2.42. The number of benzene rings is 1. The van der Waals surface area contributed by atoms with E-state index in [2.05, 4.69) is 9.47 Å². The molecule has 7 nitrogen and oxygen atoms in total. The Labute approximate surface area is 137 Å². The summed E-state index contributed by atoms with van der Waals surface area (Å²) >= 11 is 0. The summed E-state index contributed by atoms with van der Waals surface area (Å²) in [6, 6.07) is 7.33. The molecule has 1 aromatic carbocycles. The zero-order chi connectivity index (χ0) is 17.1. The van der Waals surface area contributed by atoms with E-state index < -0.39 is 23.9 Å². The Kier molecular flexibility index (Phi) is 4.41. The normalized spacial score (nSPS) is 18.7. The van der Waals surface area contributed by atoms with E-state index in [1.54, 1.807) is 11.0 Å². The van der Waals surface area contributed by atoms with Gasteiger partial charge in [0, 0.05) is 5.69 Å². The fourth-order valence-corrected chi connectivity index (χ4v) is 2.65. The molecule has 0 amide bonds. The van der Waals surface area contributed by atoms with Crippen molar-refractivity contribution in [2.75, 3.05) is 18.0 Å². The fourth-order valence-electron chi connectivity index (χ4n) is 2.65. The van der Waals surface area contributed by atoms with Crippen molar-refractivity contribution in [3.05, 3.63) is 41.5 Å². The molecule has 2 aliphatic heterocycles. The second kappa shape index (κ2) is 6.66. The Morgan fingerprint density at radius 3 is 2.12 bits per heavy atom. The molecule has 1 saturated heterocycles. The Morgan fingerprint density at radius 1 is 0.833 bits per heavy atom. The van der Waals surface area contributed by atoms with Gasteiger partial charge in [-0.3, -0.25) is 9.59 Å². The molecule has 0 aromatic heterocycles. The van der Waals surface area contributed by atoms with Crippen LogP contribution in [0.2, 0.25) is 0 Å². The highest BCUT2D eigenvalue weighted by atomic mass is 16.6. The molecule has 0 bridgehead atoms. The van der Waals surface area contributed by atoms with E-state index in [1.165, 1.54) is 0 Å². The molecule has 3 rings (SSSR count). The Bertz CT molecular complexity index is 718. The van der Waals surface area contributed by atoms with E-state index >= 15 is 0 Å². The first-order chi connectivity index (χ1) is 11.5. The van der Waals surface area contributed by atoms with E-state index in [1.807, 2.05) is 24.3 Å². The molecule has 7 heteroatoms. The number of nitrogens with zero attached hydrogens (tertiary/aromatic N) is 1. The molecule has 0 atom stereocenters. The molecule has 0 N–H and O–H groups in total. The standard InChI is InChI=1S/C17H15NO6/c19-14-6-3-12(8-15(20)23-14)7-11-1-4-13(5-2-11)18-9-16(21)24-17(22)10-18/h1-5H,6-10H2. The van der Waals surface area contributed by atoms with Gasteiger partial charge in [-0.25, -0.2) is 9.59 Å². The summed E-state index contributed by atoms with van der Waals surface area (Å²) in [5.74, 6) is -2.21. The summed E-state index contributed by atoms with van der Waals surface area (Å²) in [7, 11) is 0. The second-order valence-electron chi connectivity index (χ2n) is 5.63. The van der Waals surface area contributed by atoms with Crippen molar-refractivity contribution in [1.29, 1.82) is 0 Å². The minimum atomic E-state index is -0.567. The number of cyclic esters (lactones) is 4. The predicted octanol–water partition coefficient (Wildman–Crippen LogP) is 0.909. The molecular formula is C17H15NO6. The first-order valence-electron chi connectivity index (χ1n) is 7.48. The molecule has 124 valence electrons. The van der Waals surface area contributed by atoms with Gasteiger partial charge in [-0.05, 0) is 24.1 Å². The molecule has 0 saturated carbocycles. The number of hydrogen-bond donors (Lipinski definition) is 0. The van der Waals surface area contributed by atoms with E-state index in [0.717, 1.165) is 16.8 Å². The monoisotopic (exact) mass is 329 g/mol. The third-order valence-corrected chi connectivity index (χ3v) is 3.76. The average Bonchev–Trinajstić information content (AvgIpc) is 2.67. The minimum Gasteiger partial charge on any atom is -0.393 e. The maximum absolute atomic E-state index is 11.5. The van der Waals surface area contributed by atoms with Crippen LogP contribution in [0.25, 0.3) is 0 Å². The first kappa shape index (κ1) is 15.9. The molecule has 1 fully saturated rings. The number of hydrogen-bond acceptors (Lipinski definition) is 7. The summed E-state index contributed by atoms with van der Waals surface area (Å²) in [6.07, 6.45) is 2.45. The highest BCUT2D eigenvalue weighted by molar-refractivity contribution is 5.94. The first-order valence-corrected chi connectivity index (χ1v) is 7.48. The predicted molar refractivity (Wildman–Crippen MR) is 81.9 cm³/mol. The second-order valence-corrected chi connectivity index (χ2v) is 5.63. The molecule has 0 aliphatic carbocycles. The van der Waals surface area contributed by atoms with Crippen LogP contribution < -0.4 is 4.90 Å². The van der Waals surface area contributed by atoms with Crippen molar-refractivity contribution in [3.8, 4) is 0 Å². The van der Waals surface area contributed by atoms with E-state index in [-0.39, 0.29) is 25.9 Å². The van der Waals surface area contributed by atoms with Crippen molar-refractivity contribution >= 4 is 29.6 Å².